The minimum Gasteiger partial charge on any atom is -0.481 e. The molecule has 0 aliphatic heterocycles. The minimum absolute atomic E-state index is 0.214. The van der Waals surface area contributed by atoms with E-state index in [0.717, 1.165) is 19.3 Å². The van der Waals surface area contributed by atoms with E-state index in [0.29, 0.717) is 0 Å². The van der Waals surface area contributed by atoms with Crippen LogP contribution >= 0.6 is 0 Å². The van der Waals surface area contributed by atoms with Gasteiger partial charge in [-0.05, 0) is 25.2 Å². The first kappa shape index (κ1) is 13.2. The highest BCUT2D eigenvalue weighted by molar-refractivity contribution is 5.69. The summed E-state index contributed by atoms with van der Waals surface area (Å²) >= 11 is 0. The zero-order valence-electron chi connectivity index (χ0n) is 9.33. The molecule has 2 atom stereocenters. The largest absolute Gasteiger partial charge is 0.481 e. The summed E-state index contributed by atoms with van der Waals surface area (Å²) in [6, 6.07) is 0. The molecule has 2 nitrogen and oxygen atoms in total. The van der Waals surface area contributed by atoms with Crippen LogP contribution in [0.3, 0.4) is 0 Å². The zero-order chi connectivity index (χ0) is 11.0. The monoisotopic (exact) mass is 198 g/mol. The normalized spacial score (nSPS) is 14.7. The first-order chi connectivity index (χ1) is 6.59. The van der Waals surface area contributed by atoms with Crippen LogP contribution in [0.4, 0.5) is 0 Å². The zero-order valence-corrected chi connectivity index (χ0v) is 9.33. The third kappa shape index (κ3) is 5.79. The molecule has 0 fully saturated rings. The Morgan fingerprint density at radius 1 is 1.36 bits per heavy atom. The Kier molecular flexibility index (Phi) is 7.17. The first-order valence-electron chi connectivity index (χ1n) is 5.43. The molecule has 14 heavy (non-hydrogen) atoms. The number of rotatable bonds is 8. The van der Waals surface area contributed by atoms with Crippen LogP contribution in [0.5, 0.6) is 0 Å². The second-order valence-corrected chi connectivity index (χ2v) is 4.03. The van der Waals surface area contributed by atoms with Crippen LogP contribution in [0.25, 0.3) is 0 Å². The van der Waals surface area contributed by atoms with E-state index in [9.17, 15) is 4.79 Å². The van der Waals surface area contributed by atoms with Gasteiger partial charge in [-0.25, -0.2) is 0 Å². The van der Waals surface area contributed by atoms with E-state index in [1.165, 1.54) is 12.8 Å². The quantitative estimate of drug-likeness (QED) is 0.479. The lowest BCUT2D eigenvalue weighted by Crippen LogP contribution is -2.17. The van der Waals surface area contributed by atoms with Gasteiger partial charge in [0.15, 0.2) is 0 Å². The van der Waals surface area contributed by atoms with Gasteiger partial charge in [0.25, 0.3) is 0 Å². The molecule has 0 bridgehead atoms. The molecule has 0 aromatic heterocycles. The molecule has 0 aliphatic carbocycles. The molecule has 0 amide bonds. The number of hydrogen-bond acceptors (Lipinski definition) is 1. The molecule has 1 N–H and O–H groups in total. The van der Waals surface area contributed by atoms with E-state index in [1.54, 1.807) is 6.92 Å². The molecule has 0 aliphatic rings. The van der Waals surface area contributed by atoms with Crippen molar-refractivity contribution in [2.24, 2.45) is 11.8 Å². The second kappa shape index (κ2) is 7.60. The summed E-state index contributed by atoms with van der Waals surface area (Å²) in [6.45, 7) is 7.48. The second-order valence-electron chi connectivity index (χ2n) is 4.03. The van der Waals surface area contributed by atoms with Gasteiger partial charge in [-0.1, -0.05) is 32.8 Å². The smallest absolute Gasteiger partial charge is 0.306 e. The van der Waals surface area contributed by atoms with Crippen molar-refractivity contribution in [2.45, 2.75) is 46.0 Å². The lowest BCUT2D eigenvalue weighted by molar-refractivity contribution is -0.142. The van der Waals surface area contributed by atoms with Crippen LogP contribution in [-0.4, -0.2) is 11.1 Å². The Hall–Kier alpha value is -0.790. The Labute approximate surface area is 87.0 Å². The van der Waals surface area contributed by atoms with E-state index in [-0.39, 0.29) is 11.8 Å². The van der Waals surface area contributed by atoms with Gasteiger partial charge in [-0.15, -0.1) is 6.58 Å². The third-order valence-electron chi connectivity index (χ3n) is 2.81. The van der Waals surface area contributed by atoms with Crippen LogP contribution in [-0.2, 0) is 4.79 Å². The molecule has 0 spiro atoms. The topological polar surface area (TPSA) is 37.3 Å². The maximum Gasteiger partial charge on any atom is 0.306 e. The van der Waals surface area contributed by atoms with Gasteiger partial charge < -0.3 is 5.11 Å². The minimum atomic E-state index is -0.677. The van der Waals surface area contributed by atoms with Crippen molar-refractivity contribution in [3.8, 4) is 0 Å². The summed E-state index contributed by atoms with van der Waals surface area (Å²) < 4.78 is 0. The van der Waals surface area contributed by atoms with Gasteiger partial charge in [0.2, 0.25) is 0 Å². The van der Waals surface area contributed by atoms with Crippen LogP contribution in [0.2, 0.25) is 0 Å². The third-order valence-corrected chi connectivity index (χ3v) is 2.81. The van der Waals surface area contributed by atoms with Crippen molar-refractivity contribution in [3.05, 3.63) is 12.7 Å². The molecule has 0 radical (unpaired) electrons. The molecule has 0 rings (SSSR count). The average molecular weight is 198 g/mol. The molecule has 82 valence electrons. The molecule has 2 unspecified atom stereocenters. The number of aliphatic carboxylic acids is 1. The summed E-state index contributed by atoms with van der Waals surface area (Å²) in [5.74, 6) is -0.603. The number of unbranched alkanes of at least 4 members (excludes halogenated alkanes) is 3. The number of hydrogen-bond donors (Lipinski definition) is 1. The van der Waals surface area contributed by atoms with Crippen molar-refractivity contribution >= 4 is 5.97 Å². The Morgan fingerprint density at radius 2 is 2.00 bits per heavy atom. The molecular weight excluding hydrogens is 176 g/mol. The van der Waals surface area contributed by atoms with Crippen LogP contribution in [0.1, 0.15) is 46.0 Å². The number of carboxylic acid groups (broad SMARTS) is 1. The standard InChI is InChI=1S/C12H22O2/c1-4-5-6-7-8-9-10(2)11(3)12(13)14/h4,10-11H,1,5-9H2,2-3H3,(H,13,14). The molecule has 0 heterocycles. The van der Waals surface area contributed by atoms with E-state index in [4.69, 9.17) is 5.11 Å². The van der Waals surface area contributed by atoms with Crippen molar-refractivity contribution < 1.29 is 9.90 Å². The molecule has 0 aromatic rings. The van der Waals surface area contributed by atoms with E-state index in [1.807, 2.05) is 13.0 Å². The van der Waals surface area contributed by atoms with Crippen molar-refractivity contribution in [1.29, 1.82) is 0 Å². The molecular formula is C12H22O2. The number of allylic oxidation sites excluding steroid dienone is 1. The predicted octanol–water partition coefficient (Wildman–Crippen LogP) is 3.48. The number of carbonyl (C=O) groups is 1. The van der Waals surface area contributed by atoms with Gasteiger partial charge in [0, 0.05) is 0 Å². The average Bonchev–Trinajstić information content (AvgIpc) is 2.16. The summed E-state index contributed by atoms with van der Waals surface area (Å²) in [5, 5.41) is 8.78. The Bertz CT molecular complexity index is 175. The highest BCUT2D eigenvalue weighted by Gasteiger charge is 2.18. The SMILES string of the molecule is C=CCCCCCC(C)C(C)C(=O)O. The van der Waals surface area contributed by atoms with E-state index in [2.05, 4.69) is 6.58 Å². The van der Waals surface area contributed by atoms with Crippen molar-refractivity contribution in [3.63, 3.8) is 0 Å². The van der Waals surface area contributed by atoms with Gasteiger partial charge in [0.1, 0.15) is 0 Å². The fraction of sp³-hybridized carbons (Fsp3) is 0.750. The van der Waals surface area contributed by atoms with Gasteiger partial charge in [0.05, 0.1) is 5.92 Å². The van der Waals surface area contributed by atoms with Gasteiger partial charge >= 0.3 is 5.97 Å². The lowest BCUT2D eigenvalue weighted by Gasteiger charge is -2.15. The Balaban J connectivity index is 3.48. The molecule has 0 saturated carbocycles. The molecule has 0 saturated heterocycles. The molecule has 0 aromatic carbocycles. The Morgan fingerprint density at radius 3 is 2.50 bits per heavy atom. The predicted molar refractivity (Wildman–Crippen MR) is 59.2 cm³/mol. The summed E-state index contributed by atoms with van der Waals surface area (Å²) in [6.07, 6.45) is 7.52. The van der Waals surface area contributed by atoms with Gasteiger partial charge in [-0.2, -0.15) is 0 Å². The lowest BCUT2D eigenvalue weighted by atomic mass is 9.91. The highest BCUT2D eigenvalue weighted by atomic mass is 16.4. The van der Waals surface area contributed by atoms with Crippen molar-refractivity contribution in [1.82, 2.24) is 0 Å². The van der Waals surface area contributed by atoms with Crippen molar-refractivity contribution in [2.75, 3.05) is 0 Å². The fourth-order valence-electron chi connectivity index (χ4n) is 1.43. The summed E-state index contributed by atoms with van der Waals surface area (Å²) in [5.41, 5.74) is 0. The van der Waals surface area contributed by atoms with Crippen LogP contribution in [0, 0.1) is 11.8 Å². The maximum absolute atomic E-state index is 10.7. The summed E-state index contributed by atoms with van der Waals surface area (Å²) in [4.78, 5) is 10.7. The summed E-state index contributed by atoms with van der Waals surface area (Å²) in [7, 11) is 0. The highest BCUT2D eigenvalue weighted by Crippen LogP contribution is 2.18. The molecule has 2 heteroatoms. The van der Waals surface area contributed by atoms with E-state index >= 15 is 0 Å². The number of carboxylic acids is 1. The van der Waals surface area contributed by atoms with Crippen LogP contribution in [0.15, 0.2) is 12.7 Å². The fourth-order valence-corrected chi connectivity index (χ4v) is 1.43. The van der Waals surface area contributed by atoms with Crippen LogP contribution < -0.4 is 0 Å². The van der Waals surface area contributed by atoms with Gasteiger partial charge in [-0.3, -0.25) is 4.79 Å². The maximum atomic E-state index is 10.7. The first-order valence-corrected chi connectivity index (χ1v) is 5.43. The van der Waals surface area contributed by atoms with E-state index < -0.39 is 5.97 Å².